The Kier molecular flexibility index (Phi) is 14.0. The van der Waals surface area contributed by atoms with Crippen molar-refractivity contribution in [3.8, 4) is 11.5 Å². The first-order chi connectivity index (χ1) is 24.4. The van der Waals surface area contributed by atoms with Crippen molar-refractivity contribution in [1.29, 1.82) is 0 Å². The topological polar surface area (TPSA) is 279 Å². The molecule has 2 aromatic carbocycles. The SMILES string of the molecule is COc1ccc(COC[C@H]2O[C@@H](O[C@@H]3[C@@H](O)[C@H](O[C@H]4O[C@H](CN)[C@@H](O)[C@H](O)[C@H]4O)[C@@H](N)C[C@H]3N)[C@H](O)[C@@H](N)[C@@H]2OCc2ccc(OC)cc2)cc1. The monoisotopic (exact) mass is 724 g/mol. The first-order valence-electron chi connectivity index (χ1n) is 16.9. The Labute approximate surface area is 296 Å². The molecule has 17 heteroatoms. The summed E-state index contributed by atoms with van der Waals surface area (Å²) in [5.41, 5.74) is 26.7. The number of ether oxygens (including phenoxy) is 8. The van der Waals surface area contributed by atoms with Crippen molar-refractivity contribution in [2.24, 2.45) is 22.9 Å². The lowest BCUT2D eigenvalue weighted by atomic mass is 9.84. The third-order valence-corrected chi connectivity index (χ3v) is 9.58. The lowest BCUT2D eigenvalue weighted by Crippen LogP contribution is -2.68. The minimum atomic E-state index is -1.67. The molecule has 3 fully saturated rings. The van der Waals surface area contributed by atoms with Crippen LogP contribution in [0.5, 0.6) is 11.5 Å². The predicted octanol–water partition coefficient (Wildman–Crippen LogP) is -2.83. The summed E-state index contributed by atoms with van der Waals surface area (Å²) in [4.78, 5) is 0. The van der Waals surface area contributed by atoms with Crippen molar-refractivity contribution in [3.63, 3.8) is 0 Å². The van der Waals surface area contributed by atoms with E-state index in [1.807, 2.05) is 36.4 Å². The normalized spacial score (nSPS) is 38.7. The van der Waals surface area contributed by atoms with Gasteiger partial charge in [0, 0.05) is 18.6 Å². The smallest absolute Gasteiger partial charge is 0.187 e. The Morgan fingerprint density at radius 1 is 0.627 bits per heavy atom. The summed E-state index contributed by atoms with van der Waals surface area (Å²) in [6, 6.07) is 12.0. The van der Waals surface area contributed by atoms with Gasteiger partial charge in [0.15, 0.2) is 12.6 Å². The van der Waals surface area contributed by atoms with Crippen LogP contribution in [-0.2, 0) is 41.6 Å². The van der Waals surface area contributed by atoms with Crippen LogP contribution in [0.25, 0.3) is 0 Å². The maximum absolute atomic E-state index is 11.5. The molecule has 2 aliphatic heterocycles. The van der Waals surface area contributed by atoms with Gasteiger partial charge in [-0.25, -0.2) is 0 Å². The summed E-state index contributed by atoms with van der Waals surface area (Å²) in [6.07, 6.45) is -15.6. The maximum Gasteiger partial charge on any atom is 0.187 e. The van der Waals surface area contributed by atoms with Gasteiger partial charge >= 0.3 is 0 Å². The third-order valence-electron chi connectivity index (χ3n) is 9.58. The molecule has 1 saturated carbocycles. The van der Waals surface area contributed by atoms with Gasteiger partial charge in [-0.2, -0.15) is 0 Å². The van der Waals surface area contributed by atoms with E-state index < -0.39 is 91.7 Å². The number of aliphatic hydroxyl groups excluding tert-OH is 5. The van der Waals surface area contributed by atoms with Gasteiger partial charge in [0.25, 0.3) is 0 Å². The van der Waals surface area contributed by atoms with Gasteiger partial charge in [-0.15, -0.1) is 0 Å². The van der Waals surface area contributed by atoms with E-state index in [1.165, 1.54) is 0 Å². The van der Waals surface area contributed by atoms with Crippen molar-refractivity contribution < 1.29 is 63.4 Å². The van der Waals surface area contributed by atoms with Crippen molar-refractivity contribution in [2.75, 3.05) is 27.4 Å². The summed E-state index contributed by atoms with van der Waals surface area (Å²) in [5.74, 6) is 1.39. The molecular weight excluding hydrogens is 672 g/mol. The molecule has 2 heterocycles. The summed E-state index contributed by atoms with van der Waals surface area (Å²) < 4.78 is 46.5. The molecule has 0 aromatic heterocycles. The third kappa shape index (κ3) is 9.33. The van der Waals surface area contributed by atoms with E-state index in [0.717, 1.165) is 11.1 Å². The quantitative estimate of drug-likeness (QED) is 0.0950. The van der Waals surface area contributed by atoms with Gasteiger partial charge < -0.3 is 86.4 Å². The minimum Gasteiger partial charge on any atom is -0.497 e. The number of hydrogen-bond acceptors (Lipinski definition) is 17. The van der Waals surface area contributed by atoms with E-state index in [1.54, 1.807) is 26.4 Å². The molecular formula is C34H52N4O13. The zero-order valence-electron chi connectivity index (χ0n) is 28.6. The summed E-state index contributed by atoms with van der Waals surface area (Å²) in [5, 5.41) is 53.8. The van der Waals surface area contributed by atoms with Crippen LogP contribution in [0.2, 0.25) is 0 Å². The second-order valence-electron chi connectivity index (χ2n) is 13.1. The molecule has 2 saturated heterocycles. The van der Waals surface area contributed by atoms with Gasteiger partial charge in [-0.3, -0.25) is 0 Å². The molecule has 0 spiro atoms. The number of nitrogens with two attached hydrogens (primary N) is 4. The minimum absolute atomic E-state index is 0.00284. The molecule has 17 nitrogen and oxygen atoms in total. The van der Waals surface area contributed by atoms with E-state index in [2.05, 4.69) is 0 Å². The average Bonchev–Trinajstić information content (AvgIpc) is 3.13. The first kappa shape index (κ1) is 39.6. The van der Waals surface area contributed by atoms with Gasteiger partial charge in [-0.1, -0.05) is 24.3 Å². The highest BCUT2D eigenvalue weighted by Crippen LogP contribution is 2.32. The standard InChI is InChI=1S/C34H52N4O13/c1-44-18-7-3-16(4-8-18)13-46-15-23-32(47-14-17-5-9-19(45-2)10-6-17)24(38)26(40)33(49-23)50-30-20(36)11-21(37)31(29(30)43)51-34-28(42)27(41)25(39)22(12-35)48-34/h3-10,20-34,39-43H,11-15,35-38H2,1-2H3/t20-,21+,22-,23-,24-,25-,26-,27+,28-,29-,30+,31-,32-,33+,34-/m1/s1. The van der Waals surface area contributed by atoms with E-state index in [9.17, 15) is 25.5 Å². The Balaban J connectivity index is 1.29. The van der Waals surface area contributed by atoms with E-state index in [-0.39, 0.29) is 32.8 Å². The van der Waals surface area contributed by atoms with Crippen LogP contribution < -0.4 is 32.4 Å². The number of rotatable bonds is 14. The molecule has 15 atom stereocenters. The highest BCUT2D eigenvalue weighted by Gasteiger charge is 2.52. The second-order valence-corrected chi connectivity index (χ2v) is 13.1. The number of aliphatic hydroxyl groups is 5. The van der Waals surface area contributed by atoms with Crippen LogP contribution in [0.4, 0.5) is 0 Å². The van der Waals surface area contributed by atoms with Crippen LogP contribution >= 0.6 is 0 Å². The summed E-state index contributed by atoms with van der Waals surface area (Å²) >= 11 is 0. The summed E-state index contributed by atoms with van der Waals surface area (Å²) in [7, 11) is 3.16. The average molecular weight is 725 g/mol. The molecule has 2 aromatic rings. The van der Waals surface area contributed by atoms with Crippen LogP contribution in [0, 0.1) is 0 Å². The van der Waals surface area contributed by atoms with Crippen molar-refractivity contribution in [3.05, 3.63) is 59.7 Å². The Bertz CT molecular complexity index is 1340. The van der Waals surface area contributed by atoms with Gasteiger partial charge in [-0.05, 0) is 41.8 Å². The number of hydrogen-bond donors (Lipinski definition) is 9. The highest BCUT2D eigenvalue weighted by atomic mass is 16.7. The number of benzene rings is 2. The zero-order valence-corrected chi connectivity index (χ0v) is 28.6. The molecule has 51 heavy (non-hydrogen) atoms. The Morgan fingerprint density at radius 2 is 1.14 bits per heavy atom. The second kappa shape index (κ2) is 18.0. The summed E-state index contributed by atoms with van der Waals surface area (Å²) in [6.45, 7) is 0.206. The molecule has 13 N–H and O–H groups in total. The largest absolute Gasteiger partial charge is 0.497 e. The fraction of sp³-hybridized carbons (Fsp3) is 0.647. The Morgan fingerprint density at radius 3 is 1.67 bits per heavy atom. The van der Waals surface area contributed by atoms with Crippen LogP contribution in [-0.4, -0.2) is 145 Å². The van der Waals surface area contributed by atoms with Crippen molar-refractivity contribution in [2.45, 2.75) is 111 Å². The molecule has 0 bridgehead atoms. The van der Waals surface area contributed by atoms with Crippen LogP contribution in [0.3, 0.4) is 0 Å². The van der Waals surface area contributed by atoms with Gasteiger partial charge in [0.2, 0.25) is 0 Å². The molecule has 0 amide bonds. The predicted molar refractivity (Wildman–Crippen MR) is 179 cm³/mol. The van der Waals surface area contributed by atoms with Gasteiger partial charge in [0.05, 0.1) is 40.1 Å². The highest BCUT2D eigenvalue weighted by molar-refractivity contribution is 5.27. The fourth-order valence-electron chi connectivity index (χ4n) is 6.52. The lowest BCUT2D eigenvalue weighted by Gasteiger charge is -2.48. The number of methoxy groups -OCH3 is 2. The van der Waals surface area contributed by atoms with E-state index >= 15 is 0 Å². The Hall–Kier alpha value is -2.56. The molecule has 1 aliphatic carbocycles. The maximum atomic E-state index is 11.5. The van der Waals surface area contributed by atoms with E-state index in [4.69, 9.17) is 60.8 Å². The van der Waals surface area contributed by atoms with E-state index in [0.29, 0.717) is 11.5 Å². The zero-order chi connectivity index (χ0) is 36.8. The van der Waals surface area contributed by atoms with Crippen molar-refractivity contribution in [1.82, 2.24) is 0 Å². The van der Waals surface area contributed by atoms with Gasteiger partial charge in [0.1, 0.15) is 72.5 Å². The van der Waals surface area contributed by atoms with Crippen LogP contribution in [0.15, 0.2) is 48.5 Å². The molecule has 0 unspecified atom stereocenters. The molecule has 0 radical (unpaired) electrons. The van der Waals surface area contributed by atoms with Crippen molar-refractivity contribution >= 4 is 0 Å². The lowest BCUT2D eigenvalue weighted by molar-refractivity contribution is -0.334. The van der Waals surface area contributed by atoms with Crippen LogP contribution in [0.1, 0.15) is 17.5 Å². The molecule has 286 valence electrons. The molecule has 5 rings (SSSR count). The molecule has 3 aliphatic rings. The first-order valence-corrected chi connectivity index (χ1v) is 16.9. The fourth-order valence-corrected chi connectivity index (χ4v) is 6.52.